The molecule has 0 radical (unpaired) electrons. The zero-order chi connectivity index (χ0) is 20.5. The minimum Gasteiger partial charge on any atom is -0.367 e. The van der Waals surface area contributed by atoms with Crippen molar-refractivity contribution in [3.8, 4) is 11.1 Å². The zero-order valence-corrected chi connectivity index (χ0v) is 16.6. The Morgan fingerprint density at radius 1 is 1.14 bits per heavy atom. The minimum absolute atomic E-state index is 0.253. The fraction of sp³-hybridized carbons (Fsp3) is 0.364. The van der Waals surface area contributed by atoms with Gasteiger partial charge in [-0.25, -0.2) is 13.8 Å². The summed E-state index contributed by atoms with van der Waals surface area (Å²) in [6, 6.07) is 6.57. The SMILES string of the molecule is Cc1cc(C(C)N)c2cc(-c3cc(NC4CCNCC4)ncc3F)cc(F)c2n1. The van der Waals surface area contributed by atoms with Gasteiger partial charge in [-0.1, -0.05) is 0 Å². The molecule has 1 aliphatic rings. The number of aromatic nitrogens is 2. The Kier molecular flexibility index (Phi) is 5.43. The van der Waals surface area contributed by atoms with Gasteiger partial charge < -0.3 is 16.4 Å². The summed E-state index contributed by atoms with van der Waals surface area (Å²) in [4.78, 5) is 8.48. The number of pyridine rings is 2. The summed E-state index contributed by atoms with van der Waals surface area (Å²) in [7, 11) is 0. The highest BCUT2D eigenvalue weighted by molar-refractivity contribution is 5.88. The molecule has 1 atom stereocenters. The second-order valence-electron chi connectivity index (χ2n) is 7.71. The van der Waals surface area contributed by atoms with Crippen LogP contribution < -0.4 is 16.4 Å². The first-order valence-electron chi connectivity index (χ1n) is 9.92. The van der Waals surface area contributed by atoms with Crippen LogP contribution in [0.15, 0.2) is 30.5 Å². The highest BCUT2D eigenvalue weighted by Crippen LogP contribution is 2.32. The number of nitrogens with two attached hydrogens (primary N) is 1. The Hall–Kier alpha value is -2.64. The number of halogens is 2. The lowest BCUT2D eigenvalue weighted by Crippen LogP contribution is -2.35. The summed E-state index contributed by atoms with van der Waals surface area (Å²) < 4.78 is 29.5. The van der Waals surface area contributed by atoms with E-state index in [0.29, 0.717) is 28.0 Å². The first-order chi connectivity index (χ1) is 13.9. The van der Waals surface area contributed by atoms with E-state index in [1.165, 1.54) is 12.3 Å². The van der Waals surface area contributed by atoms with Crippen molar-refractivity contribution in [1.29, 1.82) is 0 Å². The number of anilines is 1. The van der Waals surface area contributed by atoms with Gasteiger partial charge in [-0.3, -0.25) is 4.98 Å². The predicted molar refractivity (Wildman–Crippen MR) is 112 cm³/mol. The van der Waals surface area contributed by atoms with Crippen LogP contribution in [0, 0.1) is 18.6 Å². The van der Waals surface area contributed by atoms with Crippen LogP contribution in [0.1, 0.15) is 37.1 Å². The fourth-order valence-electron chi connectivity index (χ4n) is 3.89. The van der Waals surface area contributed by atoms with E-state index in [0.717, 1.165) is 31.5 Å². The third-order valence-corrected chi connectivity index (χ3v) is 5.38. The Morgan fingerprint density at radius 3 is 2.62 bits per heavy atom. The molecule has 5 nitrogen and oxygen atoms in total. The normalized spacial score (nSPS) is 16.2. The van der Waals surface area contributed by atoms with Crippen molar-refractivity contribution in [2.24, 2.45) is 5.73 Å². The smallest absolute Gasteiger partial charge is 0.150 e. The number of benzene rings is 1. The monoisotopic (exact) mass is 397 g/mol. The summed E-state index contributed by atoms with van der Waals surface area (Å²) in [5, 5.41) is 7.27. The molecule has 4 rings (SSSR count). The van der Waals surface area contributed by atoms with E-state index in [1.54, 1.807) is 19.1 Å². The van der Waals surface area contributed by atoms with Crippen LogP contribution in [0.25, 0.3) is 22.0 Å². The predicted octanol–water partition coefficient (Wildman–Crippen LogP) is 4.07. The van der Waals surface area contributed by atoms with Crippen molar-refractivity contribution in [3.63, 3.8) is 0 Å². The van der Waals surface area contributed by atoms with Gasteiger partial charge in [-0.05, 0) is 75.2 Å². The summed E-state index contributed by atoms with van der Waals surface area (Å²) in [5.74, 6) is -0.405. The lowest BCUT2D eigenvalue weighted by Gasteiger charge is -2.24. The van der Waals surface area contributed by atoms with Gasteiger partial charge in [-0.2, -0.15) is 0 Å². The average molecular weight is 397 g/mol. The van der Waals surface area contributed by atoms with Crippen molar-refractivity contribution in [2.75, 3.05) is 18.4 Å². The van der Waals surface area contributed by atoms with E-state index in [-0.39, 0.29) is 17.6 Å². The molecule has 0 bridgehead atoms. The third kappa shape index (κ3) is 4.06. The minimum atomic E-state index is -0.498. The van der Waals surface area contributed by atoms with Crippen LogP contribution in [-0.4, -0.2) is 29.1 Å². The van der Waals surface area contributed by atoms with E-state index in [2.05, 4.69) is 20.6 Å². The molecular formula is C22H25F2N5. The summed E-state index contributed by atoms with van der Waals surface area (Å²) in [6.07, 6.45) is 3.13. The van der Waals surface area contributed by atoms with Gasteiger partial charge in [0.1, 0.15) is 23.0 Å². The van der Waals surface area contributed by atoms with Gasteiger partial charge >= 0.3 is 0 Å². The number of nitrogens with zero attached hydrogens (tertiary/aromatic N) is 2. The lowest BCUT2D eigenvalue weighted by molar-refractivity contribution is 0.478. The van der Waals surface area contributed by atoms with E-state index in [4.69, 9.17) is 5.73 Å². The molecule has 4 N–H and O–H groups in total. The number of nitrogens with one attached hydrogen (secondary N) is 2. The molecule has 1 aromatic carbocycles. The fourth-order valence-corrected chi connectivity index (χ4v) is 3.89. The second kappa shape index (κ2) is 8.00. The maximum absolute atomic E-state index is 14.9. The number of fused-ring (bicyclic) bond motifs is 1. The van der Waals surface area contributed by atoms with E-state index < -0.39 is 11.6 Å². The van der Waals surface area contributed by atoms with Crippen molar-refractivity contribution in [1.82, 2.24) is 15.3 Å². The number of hydrogen-bond acceptors (Lipinski definition) is 5. The molecule has 3 heterocycles. The highest BCUT2D eigenvalue weighted by atomic mass is 19.1. The molecule has 0 amide bonds. The number of aryl methyl sites for hydroxylation is 1. The topological polar surface area (TPSA) is 75.9 Å². The van der Waals surface area contributed by atoms with E-state index in [9.17, 15) is 8.78 Å². The molecule has 0 saturated carbocycles. The van der Waals surface area contributed by atoms with Crippen LogP contribution in [0.3, 0.4) is 0 Å². The molecule has 1 aliphatic heterocycles. The standard InChI is InChI=1S/C22H25F2N5/c1-12-7-16(13(2)25)18-8-14(9-19(23)22(18)28-12)17-10-21(27-11-20(17)24)29-15-3-5-26-6-4-15/h7-11,13,15,26H,3-6,25H2,1-2H3,(H,27,29). The lowest BCUT2D eigenvalue weighted by atomic mass is 9.97. The highest BCUT2D eigenvalue weighted by Gasteiger charge is 2.17. The largest absolute Gasteiger partial charge is 0.367 e. The Morgan fingerprint density at radius 2 is 1.90 bits per heavy atom. The van der Waals surface area contributed by atoms with Crippen LogP contribution in [-0.2, 0) is 0 Å². The van der Waals surface area contributed by atoms with Crippen molar-refractivity contribution in [3.05, 3.63) is 53.4 Å². The third-order valence-electron chi connectivity index (χ3n) is 5.38. The maximum Gasteiger partial charge on any atom is 0.150 e. The first kappa shape index (κ1) is 19.7. The number of hydrogen-bond donors (Lipinski definition) is 3. The van der Waals surface area contributed by atoms with Crippen LogP contribution in [0.2, 0.25) is 0 Å². The summed E-state index contributed by atoms with van der Waals surface area (Å²) in [5.41, 5.74) is 8.57. The van der Waals surface area contributed by atoms with Gasteiger partial charge in [0.15, 0.2) is 0 Å². The zero-order valence-electron chi connectivity index (χ0n) is 16.6. The van der Waals surface area contributed by atoms with Gasteiger partial charge in [0.25, 0.3) is 0 Å². The van der Waals surface area contributed by atoms with E-state index >= 15 is 0 Å². The summed E-state index contributed by atoms with van der Waals surface area (Å²) >= 11 is 0. The van der Waals surface area contributed by atoms with Crippen molar-refractivity contribution < 1.29 is 8.78 Å². The Labute approximate surface area is 168 Å². The first-order valence-corrected chi connectivity index (χ1v) is 9.92. The molecular weight excluding hydrogens is 372 g/mol. The molecule has 7 heteroatoms. The summed E-state index contributed by atoms with van der Waals surface area (Å²) in [6.45, 7) is 5.52. The van der Waals surface area contributed by atoms with Gasteiger partial charge in [0, 0.05) is 28.7 Å². The number of piperidine rings is 1. The molecule has 0 aliphatic carbocycles. The Balaban J connectivity index is 1.78. The van der Waals surface area contributed by atoms with Gasteiger partial charge in [-0.15, -0.1) is 0 Å². The molecule has 2 aromatic heterocycles. The van der Waals surface area contributed by atoms with Crippen molar-refractivity contribution in [2.45, 2.75) is 38.8 Å². The average Bonchev–Trinajstić information content (AvgIpc) is 2.70. The van der Waals surface area contributed by atoms with Gasteiger partial charge in [0.05, 0.1) is 6.20 Å². The van der Waals surface area contributed by atoms with Crippen molar-refractivity contribution >= 4 is 16.7 Å². The Bertz CT molecular complexity index is 1050. The van der Waals surface area contributed by atoms with Crippen LogP contribution in [0.4, 0.5) is 14.6 Å². The van der Waals surface area contributed by atoms with Crippen LogP contribution >= 0.6 is 0 Å². The van der Waals surface area contributed by atoms with E-state index in [1.807, 2.05) is 13.0 Å². The van der Waals surface area contributed by atoms with Gasteiger partial charge in [0.2, 0.25) is 0 Å². The number of rotatable bonds is 4. The molecule has 3 aromatic rings. The molecule has 1 fully saturated rings. The molecule has 29 heavy (non-hydrogen) atoms. The molecule has 1 unspecified atom stereocenters. The molecule has 152 valence electrons. The molecule has 1 saturated heterocycles. The maximum atomic E-state index is 14.9. The molecule has 0 spiro atoms. The second-order valence-corrected chi connectivity index (χ2v) is 7.71. The van der Waals surface area contributed by atoms with Crippen LogP contribution in [0.5, 0.6) is 0 Å². The quantitative estimate of drug-likeness (QED) is 0.619.